The van der Waals surface area contributed by atoms with Crippen LogP contribution >= 0.6 is 0 Å². The molecule has 0 amide bonds. The van der Waals surface area contributed by atoms with Gasteiger partial charge >= 0.3 is 6.18 Å². The van der Waals surface area contributed by atoms with Gasteiger partial charge in [0.05, 0.1) is 0 Å². The fraction of sp³-hybridized carbons (Fsp3) is 1.00. The van der Waals surface area contributed by atoms with E-state index in [1.165, 1.54) is 19.0 Å². The van der Waals surface area contributed by atoms with Gasteiger partial charge in [-0.2, -0.15) is 13.2 Å². The molecule has 1 aliphatic rings. The van der Waals surface area contributed by atoms with Crippen LogP contribution in [-0.4, -0.2) is 43.8 Å². The molecule has 0 radical (unpaired) electrons. The predicted octanol–water partition coefficient (Wildman–Crippen LogP) is 0.842. The lowest BCUT2D eigenvalue weighted by Crippen LogP contribution is -2.57. The summed E-state index contributed by atoms with van der Waals surface area (Å²) in [6.45, 7) is 0.446. The third kappa shape index (κ3) is 1.31. The number of nitrogens with zero attached hydrogens (tertiary/aromatic N) is 1. The number of hydrogen-bond acceptors (Lipinski definition) is 2. The Kier molecular flexibility index (Phi) is 2.35. The minimum atomic E-state index is -4.14. The summed E-state index contributed by atoms with van der Waals surface area (Å²) in [5, 5.41) is 2.74. The predicted molar refractivity (Wildman–Crippen MR) is 40.0 cm³/mol. The van der Waals surface area contributed by atoms with Crippen molar-refractivity contribution in [1.82, 2.24) is 10.2 Å². The lowest BCUT2D eigenvalue weighted by Gasteiger charge is -2.37. The van der Waals surface area contributed by atoms with Crippen molar-refractivity contribution in [3.05, 3.63) is 0 Å². The first-order valence-corrected chi connectivity index (χ1v) is 3.85. The van der Waals surface area contributed by atoms with Gasteiger partial charge in [0, 0.05) is 6.54 Å². The van der Waals surface area contributed by atoms with Gasteiger partial charge in [-0.25, -0.2) is 0 Å². The standard InChI is InChI=1S/C7H13F3N2/c1-12(2)6(7(8,9)10)3-4-11-5-6/h11H,3-5H2,1-2H3. The summed E-state index contributed by atoms with van der Waals surface area (Å²) in [6.07, 6.45) is -4.00. The molecule has 0 aromatic rings. The van der Waals surface area contributed by atoms with E-state index in [0.717, 1.165) is 0 Å². The van der Waals surface area contributed by atoms with Crippen molar-refractivity contribution in [3.8, 4) is 0 Å². The van der Waals surface area contributed by atoms with E-state index in [2.05, 4.69) is 5.32 Å². The first kappa shape index (κ1) is 9.80. The monoisotopic (exact) mass is 182 g/mol. The van der Waals surface area contributed by atoms with Crippen molar-refractivity contribution in [2.75, 3.05) is 27.2 Å². The van der Waals surface area contributed by atoms with Gasteiger partial charge in [-0.3, -0.25) is 4.90 Å². The first-order chi connectivity index (χ1) is 5.40. The molecule has 2 nitrogen and oxygen atoms in total. The van der Waals surface area contributed by atoms with Crippen molar-refractivity contribution >= 4 is 0 Å². The Morgan fingerprint density at radius 1 is 1.33 bits per heavy atom. The van der Waals surface area contributed by atoms with Crippen LogP contribution in [0.4, 0.5) is 13.2 Å². The largest absolute Gasteiger partial charge is 0.408 e. The van der Waals surface area contributed by atoms with Gasteiger partial charge in [-0.15, -0.1) is 0 Å². The van der Waals surface area contributed by atoms with E-state index < -0.39 is 11.7 Å². The fourth-order valence-corrected chi connectivity index (χ4v) is 1.56. The van der Waals surface area contributed by atoms with Crippen LogP contribution in [-0.2, 0) is 0 Å². The molecule has 5 heteroatoms. The number of alkyl halides is 3. The Balaban J connectivity index is 2.87. The molecule has 0 aromatic carbocycles. The average Bonchev–Trinajstić information content (AvgIpc) is 2.31. The maximum atomic E-state index is 12.6. The minimum absolute atomic E-state index is 0.00347. The normalized spacial score (nSPS) is 31.5. The van der Waals surface area contributed by atoms with Crippen LogP contribution < -0.4 is 5.32 Å². The molecule has 0 bridgehead atoms. The molecule has 0 aliphatic carbocycles. The van der Waals surface area contributed by atoms with Crippen LogP contribution in [0, 0.1) is 0 Å². The van der Waals surface area contributed by atoms with E-state index in [-0.39, 0.29) is 13.0 Å². The van der Waals surface area contributed by atoms with E-state index in [4.69, 9.17) is 0 Å². The molecule has 1 unspecified atom stereocenters. The number of hydrogen-bond donors (Lipinski definition) is 1. The Morgan fingerprint density at radius 2 is 1.92 bits per heavy atom. The molecular weight excluding hydrogens is 169 g/mol. The smallest absolute Gasteiger partial charge is 0.314 e. The molecule has 12 heavy (non-hydrogen) atoms. The molecule has 0 aromatic heterocycles. The van der Waals surface area contributed by atoms with Crippen LogP contribution in [0.2, 0.25) is 0 Å². The molecule has 1 atom stereocenters. The zero-order valence-corrected chi connectivity index (χ0v) is 7.20. The number of halogens is 3. The quantitative estimate of drug-likeness (QED) is 0.646. The Hall–Kier alpha value is -0.290. The summed E-state index contributed by atoms with van der Waals surface area (Å²) in [4.78, 5) is 1.26. The van der Waals surface area contributed by atoms with Crippen molar-refractivity contribution < 1.29 is 13.2 Å². The second-order valence-corrected chi connectivity index (χ2v) is 3.35. The topological polar surface area (TPSA) is 15.3 Å². The molecule has 1 aliphatic heterocycles. The Morgan fingerprint density at radius 3 is 2.08 bits per heavy atom. The van der Waals surface area contributed by atoms with Crippen molar-refractivity contribution in [3.63, 3.8) is 0 Å². The molecule has 0 spiro atoms. The van der Waals surface area contributed by atoms with Crippen LogP contribution in [0.1, 0.15) is 6.42 Å². The van der Waals surface area contributed by atoms with Gasteiger partial charge in [-0.1, -0.05) is 0 Å². The van der Waals surface area contributed by atoms with Gasteiger partial charge in [0.15, 0.2) is 0 Å². The number of likely N-dealkylation sites (N-methyl/N-ethyl adjacent to an activating group) is 1. The molecule has 72 valence electrons. The van der Waals surface area contributed by atoms with Gasteiger partial charge in [0.25, 0.3) is 0 Å². The van der Waals surface area contributed by atoms with Crippen molar-refractivity contribution in [2.45, 2.75) is 18.1 Å². The third-order valence-electron chi connectivity index (χ3n) is 2.52. The van der Waals surface area contributed by atoms with Crippen LogP contribution in [0.25, 0.3) is 0 Å². The van der Waals surface area contributed by atoms with Gasteiger partial charge < -0.3 is 5.32 Å². The van der Waals surface area contributed by atoms with Gasteiger partial charge in [-0.05, 0) is 27.1 Å². The Bertz CT molecular complexity index is 159. The van der Waals surface area contributed by atoms with Crippen LogP contribution in [0.3, 0.4) is 0 Å². The van der Waals surface area contributed by atoms with Crippen molar-refractivity contribution in [1.29, 1.82) is 0 Å². The van der Waals surface area contributed by atoms with E-state index in [9.17, 15) is 13.2 Å². The van der Waals surface area contributed by atoms with Crippen LogP contribution in [0.5, 0.6) is 0 Å². The van der Waals surface area contributed by atoms with Gasteiger partial charge in [0.2, 0.25) is 0 Å². The highest BCUT2D eigenvalue weighted by molar-refractivity contribution is 5.01. The summed E-state index contributed by atoms with van der Waals surface area (Å²) in [5.74, 6) is 0. The van der Waals surface area contributed by atoms with E-state index >= 15 is 0 Å². The second kappa shape index (κ2) is 2.88. The molecule has 1 N–H and O–H groups in total. The molecule has 1 saturated heterocycles. The highest BCUT2D eigenvalue weighted by Crippen LogP contribution is 2.38. The maximum absolute atomic E-state index is 12.6. The molecule has 1 rings (SSSR count). The minimum Gasteiger partial charge on any atom is -0.314 e. The summed E-state index contributed by atoms with van der Waals surface area (Å²) in [6, 6.07) is 0. The van der Waals surface area contributed by atoms with Crippen molar-refractivity contribution in [2.24, 2.45) is 0 Å². The zero-order valence-electron chi connectivity index (χ0n) is 7.20. The zero-order chi connectivity index (χ0) is 9.41. The second-order valence-electron chi connectivity index (χ2n) is 3.35. The maximum Gasteiger partial charge on any atom is 0.408 e. The highest BCUT2D eigenvalue weighted by Gasteiger charge is 2.57. The number of rotatable bonds is 1. The Labute approximate surface area is 69.7 Å². The van der Waals surface area contributed by atoms with Gasteiger partial charge in [0.1, 0.15) is 5.54 Å². The van der Waals surface area contributed by atoms with E-state index in [1.54, 1.807) is 0 Å². The lowest BCUT2D eigenvalue weighted by molar-refractivity contribution is -0.218. The van der Waals surface area contributed by atoms with Crippen LogP contribution in [0.15, 0.2) is 0 Å². The third-order valence-corrected chi connectivity index (χ3v) is 2.52. The molecule has 1 fully saturated rings. The fourth-order valence-electron chi connectivity index (χ4n) is 1.56. The van der Waals surface area contributed by atoms with E-state index in [0.29, 0.717) is 6.54 Å². The SMILES string of the molecule is CN(C)C1(C(F)(F)F)CCNC1. The summed E-state index contributed by atoms with van der Waals surface area (Å²) in [5.41, 5.74) is -1.65. The summed E-state index contributed by atoms with van der Waals surface area (Å²) < 4.78 is 37.8. The number of nitrogens with one attached hydrogen (secondary N) is 1. The molecular formula is C7H13F3N2. The summed E-state index contributed by atoms with van der Waals surface area (Å²) >= 11 is 0. The highest BCUT2D eigenvalue weighted by atomic mass is 19.4. The van der Waals surface area contributed by atoms with E-state index in [1.807, 2.05) is 0 Å². The summed E-state index contributed by atoms with van der Waals surface area (Å²) in [7, 11) is 2.95. The molecule has 1 heterocycles. The average molecular weight is 182 g/mol. The first-order valence-electron chi connectivity index (χ1n) is 3.85. The molecule has 0 saturated carbocycles. The lowest BCUT2D eigenvalue weighted by atomic mass is 9.96.